The van der Waals surface area contributed by atoms with Crippen molar-refractivity contribution < 1.29 is 31.4 Å². The zero-order chi connectivity index (χ0) is 22.8. The van der Waals surface area contributed by atoms with Gasteiger partial charge in [-0.2, -0.15) is 8.78 Å². The zero-order valence-corrected chi connectivity index (χ0v) is 16.4. The molecule has 0 aliphatic heterocycles. The highest BCUT2D eigenvalue weighted by atomic mass is 19.2. The number of nitrogens with zero attached hydrogens (tertiary/aromatic N) is 2. The second kappa shape index (κ2) is 8.62. The molecule has 0 saturated carbocycles. The molecule has 4 rings (SSSR count). The van der Waals surface area contributed by atoms with Gasteiger partial charge in [0.25, 0.3) is 0 Å². The van der Waals surface area contributed by atoms with Crippen LogP contribution in [0.25, 0.3) is 22.4 Å². The standard InChI is InChI=1S/C23H13F5N2O2/c1-31-14-9-7-13(8-10-14)22-15(12-5-3-2-4-6-12)11-16(29-30-22)32-23-20(27)18(25)17(24)19(26)21(23)28/h2-11H,1H3. The van der Waals surface area contributed by atoms with Gasteiger partial charge in [-0.3, -0.25) is 0 Å². The summed E-state index contributed by atoms with van der Waals surface area (Å²) in [6.45, 7) is 0. The molecule has 0 fully saturated rings. The van der Waals surface area contributed by atoms with Crippen LogP contribution in [0.2, 0.25) is 0 Å². The summed E-state index contributed by atoms with van der Waals surface area (Å²) in [5.41, 5.74) is 2.18. The molecule has 4 nitrogen and oxygen atoms in total. The van der Waals surface area contributed by atoms with Crippen LogP contribution in [0.4, 0.5) is 22.0 Å². The lowest BCUT2D eigenvalue weighted by atomic mass is 10.00. The molecule has 3 aromatic carbocycles. The molecule has 0 atom stereocenters. The van der Waals surface area contributed by atoms with Crippen LogP contribution in [-0.4, -0.2) is 17.3 Å². The van der Waals surface area contributed by atoms with E-state index < -0.39 is 40.7 Å². The van der Waals surface area contributed by atoms with Crippen LogP contribution in [0.3, 0.4) is 0 Å². The highest BCUT2D eigenvalue weighted by molar-refractivity contribution is 5.81. The fourth-order valence-corrected chi connectivity index (χ4v) is 3.00. The van der Waals surface area contributed by atoms with Crippen molar-refractivity contribution in [3.63, 3.8) is 0 Å². The molecule has 0 bridgehead atoms. The molecule has 0 radical (unpaired) electrons. The van der Waals surface area contributed by atoms with Gasteiger partial charge in [0, 0.05) is 17.2 Å². The predicted molar refractivity (Wildman–Crippen MR) is 106 cm³/mol. The van der Waals surface area contributed by atoms with Crippen LogP contribution in [0, 0.1) is 29.1 Å². The van der Waals surface area contributed by atoms with Crippen molar-refractivity contribution in [3.8, 4) is 39.8 Å². The summed E-state index contributed by atoms with van der Waals surface area (Å²) < 4.78 is 78.5. The molecule has 1 heterocycles. The smallest absolute Gasteiger partial charge is 0.239 e. The summed E-state index contributed by atoms with van der Waals surface area (Å²) in [5, 5.41) is 7.84. The number of methoxy groups -OCH3 is 1. The van der Waals surface area contributed by atoms with E-state index in [0.29, 0.717) is 28.1 Å². The third kappa shape index (κ3) is 3.84. The Labute approximate surface area is 178 Å². The van der Waals surface area contributed by atoms with Crippen molar-refractivity contribution in [1.82, 2.24) is 10.2 Å². The Morgan fingerprint density at radius 3 is 1.84 bits per heavy atom. The van der Waals surface area contributed by atoms with Gasteiger partial charge in [-0.1, -0.05) is 30.3 Å². The first-order valence-electron chi connectivity index (χ1n) is 9.17. The minimum absolute atomic E-state index is 0.406. The summed E-state index contributed by atoms with van der Waals surface area (Å²) in [4.78, 5) is 0. The molecule has 162 valence electrons. The van der Waals surface area contributed by atoms with Crippen LogP contribution < -0.4 is 9.47 Å². The SMILES string of the molecule is COc1ccc(-c2nnc(Oc3c(F)c(F)c(F)c(F)c3F)cc2-c2ccccc2)cc1. The number of ether oxygens (including phenoxy) is 2. The van der Waals surface area contributed by atoms with Crippen molar-refractivity contribution in [2.24, 2.45) is 0 Å². The second-order valence-electron chi connectivity index (χ2n) is 6.54. The maximum atomic E-state index is 14.0. The van der Waals surface area contributed by atoms with Crippen LogP contribution in [0.1, 0.15) is 0 Å². The Kier molecular flexibility index (Phi) is 5.72. The molecule has 1 aromatic heterocycles. The summed E-state index contributed by atoms with van der Waals surface area (Å²) >= 11 is 0. The summed E-state index contributed by atoms with van der Waals surface area (Å²) in [6, 6.07) is 17.0. The van der Waals surface area contributed by atoms with Gasteiger partial charge in [0.05, 0.1) is 7.11 Å². The van der Waals surface area contributed by atoms with Crippen molar-refractivity contribution in [2.45, 2.75) is 0 Å². The second-order valence-corrected chi connectivity index (χ2v) is 6.54. The van der Waals surface area contributed by atoms with Crippen molar-refractivity contribution in [3.05, 3.63) is 89.7 Å². The molecule has 0 N–H and O–H groups in total. The van der Waals surface area contributed by atoms with Crippen LogP contribution in [0.5, 0.6) is 17.4 Å². The zero-order valence-electron chi connectivity index (χ0n) is 16.4. The van der Waals surface area contributed by atoms with Gasteiger partial charge in [-0.15, -0.1) is 10.2 Å². The average Bonchev–Trinajstić information content (AvgIpc) is 2.84. The predicted octanol–water partition coefficient (Wildman–Crippen LogP) is 6.31. The normalized spacial score (nSPS) is 10.8. The lowest BCUT2D eigenvalue weighted by Gasteiger charge is -2.13. The Bertz CT molecular complexity index is 1250. The number of halogens is 5. The fraction of sp³-hybridized carbons (Fsp3) is 0.0435. The molecule has 0 aliphatic rings. The van der Waals surface area contributed by atoms with E-state index in [0.717, 1.165) is 0 Å². The van der Waals surface area contributed by atoms with E-state index >= 15 is 0 Å². The Morgan fingerprint density at radius 1 is 0.656 bits per heavy atom. The van der Waals surface area contributed by atoms with Gasteiger partial charge < -0.3 is 9.47 Å². The van der Waals surface area contributed by atoms with Gasteiger partial charge in [0.15, 0.2) is 0 Å². The first-order valence-corrected chi connectivity index (χ1v) is 9.17. The topological polar surface area (TPSA) is 44.2 Å². The quantitative estimate of drug-likeness (QED) is 0.206. The number of benzene rings is 3. The van der Waals surface area contributed by atoms with E-state index in [9.17, 15) is 22.0 Å². The van der Waals surface area contributed by atoms with Gasteiger partial charge in [0.2, 0.25) is 40.7 Å². The monoisotopic (exact) mass is 444 g/mol. The molecule has 0 aliphatic carbocycles. The van der Waals surface area contributed by atoms with E-state index in [2.05, 4.69) is 10.2 Å². The van der Waals surface area contributed by atoms with Crippen molar-refractivity contribution in [1.29, 1.82) is 0 Å². The third-order valence-electron chi connectivity index (χ3n) is 4.60. The van der Waals surface area contributed by atoms with E-state index in [1.54, 1.807) is 54.6 Å². The van der Waals surface area contributed by atoms with Crippen LogP contribution in [-0.2, 0) is 0 Å². The molecule has 0 unspecified atom stereocenters. The van der Waals surface area contributed by atoms with Crippen molar-refractivity contribution in [2.75, 3.05) is 7.11 Å². The first kappa shape index (κ1) is 21.2. The Morgan fingerprint density at radius 2 is 1.25 bits per heavy atom. The van der Waals surface area contributed by atoms with Gasteiger partial charge in [0.1, 0.15) is 11.4 Å². The lowest BCUT2D eigenvalue weighted by Crippen LogP contribution is -2.05. The Balaban J connectivity index is 1.83. The maximum Gasteiger partial charge on any atom is 0.239 e. The highest BCUT2D eigenvalue weighted by Gasteiger charge is 2.28. The molecular weight excluding hydrogens is 431 g/mol. The summed E-state index contributed by atoms with van der Waals surface area (Å²) in [6.07, 6.45) is 0. The molecular formula is C23H13F5N2O2. The number of hydrogen-bond acceptors (Lipinski definition) is 4. The number of rotatable bonds is 5. The highest BCUT2D eigenvalue weighted by Crippen LogP contribution is 2.36. The van der Waals surface area contributed by atoms with Gasteiger partial charge in [-0.05, 0) is 29.8 Å². The van der Waals surface area contributed by atoms with E-state index in [-0.39, 0.29) is 0 Å². The third-order valence-corrected chi connectivity index (χ3v) is 4.60. The van der Waals surface area contributed by atoms with Gasteiger partial charge >= 0.3 is 0 Å². The summed E-state index contributed by atoms with van der Waals surface area (Å²) in [5.74, 6) is -12.0. The fourth-order valence-electron chi connectivity index (χ4n) is 3.00. The Hall–Kier alpha value is -4.01. The number of hydrogen-bond donors (Lipinski definition) is 0. The molecule has 9 heteroatoms. The number of aromatic nitrogens is 2. The molecule has 0 amide bonds. The maximum absolute atomic E-state index is 14.0. The molecule has 0 saturated heterocycles. The van der Waals surface area contributed by atoms with Crippen LogP contribution in [0.15, 0.2) is 60.7 Å². The lowest BCUT2D eigenvalue weighted by molar-refractivity contribution is 0.326. The molecule has 4 aromatic rings. The van der Waals surface area contributed by atoms with Crippen LogP contribution >= 0.6 is 0 Å². The minimum Gasteiger partial charge on any atom is -0.497 e. The van der Waals surface area contributed by atoms with E-state index in [1.165, 1.54) is 13.2 Å². The summed E-state index contributed by atoms with van der Waals surface area (Å²) in [7, 11) is 1.52. The van der Waals surface area contributed by atoms with E-state index in [4.69, 9.17) is 9.47 Å². The molecule has 32 heavy (non-hydrogen) atoms. The minimum atomic E-state index is -2.28. The molecule has 0 spiro atoms. The van der Waals surface area contributed by atoms with Gasteiger partial charge in [-0.25, -0.2) is 13.2 Å². The van der Waals surface area contributed by atoms with E-state index in [1.807, 2.05) is 0 Å². The first-order chi connectivity index (χ1) is 15.4. The average molecular weight is 444 g/mol. The van der Waals surface area contributed by atoms with Crippen molar-refractivity contribution >= 4 is 0 Å². The largest absolute Gasteiger partial charge is 0.497 e.